The third-order valence-electron chi connectivity index (χ3n) is 3.59. The Labute approximate surface area is 137 Å². The molecule has 4 rings (SSSR count). The van der Waals surface area contributed by atoms with Crippen molar-refractivity contribution in [2.45, 2.75) is 6.92 Å². The highest BCUT2D eigenvalue weighted by Gasteiger charge is 2.08. The van der Waals surface area contributed by atoms with Crippen molar-refractivity contribution < 1.29 is 0 Å². The number of imidazole rings is 1. The number of aryl methyl sites for hydroxylation is 1. The molecule has 0 unspecified atom stereocenters. The van der Waals surface area contributed by atoms with Crippen LogP contribution in [0.3, 0.4) is 0 Å². The largest absolute Gasteiger partial charge is 0.281 e. The summed E-state index contributed by atoms with van der Waals surface area (Å²) in [6, 6.07) is 13.4. The van der Waals surface area contributed by atoms with E-state index in [0.29, 0.717) is 10.8 Å². The Bertz CT molecular complexity index is 1050. The molecule has 0 aliphatic rings. The zero-order valence-electron chi connectivity index (χ0n) is 12.3. The number of pyridine rings is 2. The molecule has 23 heavy (non-hydrogen) atoms. The van der Waals surface area contributed by atoms with Crippen LogP contribution in [-0.4, -0.2) is 14.4 Å². The topological polar surface area (TPSA) is 54.9 Å². The van der Waals surface area contributed by atoms with E-state index >= 15 is 0 Å². The van der Waals surface area contributed by atoms with Crippen molar-refractivity contribution in [1.82, 2.24) is 14.4 Å². The molecule has 0 N–H and O–H groups in total. The number of benzene rings is 1. The Balaban J connectivity index is 1.85. The zero-order chi connectivity index (χ0) is 15.8. The molecule has 112 valence electrons. The Kier molecular flexibility index (Phi) is 3.28. The van der Waals surface area contributed by atoms with Crippen LogP contribution in [0.25, 0.3) is 16.6 Å². The molecule has 4 aromatic rings. The Morgan fingerprint density at radius 3 is 2.83 bits per heavy atom. The highest BCUT2D eigenvalue weighted by Crippen LogP contribution is 2.28. The van der Waals surface area contributed by atoms with Gasteiger partial charge in [-0.25, -0.2) is 4.98 Å². The third-order valence-corrected chi connectivity index (χ3v) is 3.81. The molecule has 0 saturated carbocycles. The van der Waals surface area contributed by atoms with Gasteiger partial charge in [-0.15, -0.1) is 10.2 Å². The highest BCUT2D eigenvalue weighted by atomic mass is 35.5. The van der Waals surface area contributed by atoms with E-state index in [-0.39, 0.29) is 0 Å². The molecule has 0 amide bonds. The molecule has 0 fully saturated rings. The number of para-hydroxylation sites is 1. The minimum atomic E-state index is 0.623. The van der Waals surface area contributed by atoms with E-state index in [1.807, 2.05) is 47.7 Å². The summed E-state index contributed by atoms with van der Waals surface area (Å²) < 4.78 is 1.83. The number of rotatable bonds is 2. The molecular formula is C17H12ClN5. The quantitative estimate of drug-likeness (QED) is 0.473. The van der Waals surface area contributed by atoms with E-state index in [0.717, 1.165) is 27.9 Å². The van der Waals surface area contributed by atoms with E-state index in [1.54, 1.807) is 18.5 Å². The van der Waals surface area contributed by atoms with Gasteiger partial charge < -0.3 is 0 Å². The molecule has 0 spiro atoms. The first-order valence-corrected chi connectivity index (χ1v) is 7.50. The van der Waals surface area contributed by atoms with E-state index < -0.39 is 0 Å². The first-order valence-electron chi connectivity index (χ1n) is 7.12. The van der Waals surface area contributed by atoms with Crippen LogP contribution in [0.4, 0.5) is 11.5 Å². The normalized spacial score (nSPS) is 11.7. The second-order valence-electron chi connectivity index (χ2n) is 5.15. The molecule has 5 nitrogen and oxygen atoms in total. The van der Waals surface area contributed by atoms with Crippen molar-refractivity contribution in [2.24, 2.45) is 10.2 Å². The van der Waals surface area contributed by atoms with Crippen molar-refractivity contribution in [3.8, 4) is 0 Å². The van der Waals surface area contributed by atoms with E-state index in [2.05, 4.69) is 20.2 Å². The Morgan fingerprint density at radius 2 is 1.91 bits per heavy atom. The molecule has 0 saturated heterocycles. The van der Waals surface area contributed by atoms with Crippen molar-refractivity contribution in [1.29, 1.82) is 0 Å². The van der Waals surface area contributed by atoms with Gasteiger partial charge in [0.05, 0.1) is 16.2 Å². The minimum Gasteiger partial charge on any atom is -0.281 e. The van der Waals surface area contributed by atoms with Crippen LogP contribution in [0.5, 0.6) is 0 Å². The lowest BCUT2D eigenvalue weighted by molar-refractivity contribution is 1.09. The third kappa shape index (κ3) is 2.45. The fraction of sp³-hybridized carbons (Fsp3) is 0.0588. The molecule has 0 aliphatic heterocycles. The van der Waals surface area contributed by atoms with Gasteiger partial charge in [0.1, 0.15) is 11.3 Å². The van der Waals surface area contributed by atoms with E-state index in [4.69, 9.17) is 11.6 Å². The summed E-state index contributed by atoms with van der Waals surface area (Å²) in [6.45, 7) is 1.90. The smallest absolute Gasteiger partial charge is 0.182 e. The molecule has 3 heterocycles. The van der Waals surface area contributed by atoms with Gasteiger partial charge in [0, 0.05) is 17.8 Å². The molecule has 0 radical (unpaired) electrons. The second kappa shape index (κ2) is 5.44. The summed E-state index contributed by atoms with van der Waals surface area (Å²) in [5, 5.41) is 10.4. The van der Waals surface area contributed by atoms with E-state index in [1.165, 1.54) is 0 Å². The summed E-state index contributed by atoms with van der Waals surface area (Å²) in [5.74, 6) is 0.662. The van der Waals surface area contributed by atoms with Crippen molar-refractivity contribution in [3.63, 3.8) is 0 Å². The second-order valence-corrected chi connectivity index (χ2v) is 5.59. The van der Waals surface area contributed by atoms with Crippen LogP contribution < -0.4 is 0 Å². The van der Waals surface area contributed by atoms with Crippen molar-refractivity contribution in [3.05, 3.63) is 65.6 Å². The zero-order valence-corrected chi connectivity index (χ0v) is 13.1. The van der Waals surface area contributed by atoms with Crippen LogP contribution in [0.15, 0.2) is 65.1 Å². The fourth-order valence-electron chi connectivity index (χ4n) is 2.51. The monoisotopic (exact) mass is 321 g/mol. The van der Waals surface area contributed by atoms with Gasteiger partial charge >= 0.3 is 0 Å². The van der Waals surface area contributed by atoms with Crippen LogP contribution in [0.1, 0.15) is 5.69 Å². The molecule has 0 bridgehead atoms. The van der Waals surface area contributed by atoms with Crippen LogP contribution in [-0.2, 0) is 0 Å². The molecule has 0 atom stereocenters. The average molecular weight is 322 g/mol. The molecule has 1 aromatic carbocycles. The standard InChI is InChI=1S/C17H12ClN5/c1-11-17(23-10-13(18)7-8-15(23)20-11)22-21-14-6-2-4-12-5-3-9-19-16(12)14/h2-10H,1H3. The van der Waals surface area contributed by atoms with Crippen LogP contribution in [0.2, 0.25) is 5.02 Å². The highest BCUT2D eigenvalue weighted by molar-refractivity contribution is 6.30. The van der Waals surface area contributed by atoms with Gasteiger partial charge in [-0.2, -0.15) is 0 Å². The predicted octanol–water partition coefficient (Wildman–Crippen LogP) is 5.26. The maximum Gasteiger partial charge on any atom is 0.182 e. The summed E-state index contributed by atoms with van der Waals surface area (Å²) in [7, 11) is 0. The van der Waals surface area contributed by atoms with Gasteiger partial charge in [0.15, 0.2) is 5.82 Å². The predicted molar refractivity (Wildman–Crippen MR) is 90.9 cm³/mol. The lowest BCUT2D eigenvalue weighted by Gasteiger charge is -2.00. The van der Waals surface area contributed by atoms with Crippen molar-refractivity contribution >= 4 is 39.7 Å². The first kappa shape index (κ1) is 13.8. The summed E-state index contributed by atoms with van der Waals surface area (Å²) in [6.07, 6.45) is 3.53. The maximum absolute atomic E-state index is 6.06. The van der Waals surface area contributed by atoms with Crippen LogP contribution in [0, 0.1) is 6.92 Å². The van der Waals surface area contributed by atoms with Gasteiger partial charge in [-0.3, -0.25) is 9.38 Å². The Morgan fingerprint density at radius 1 is 1.04 bits per heavy atom. The van der Waals surface area contributed by atoms with Gasteiger partial charge in [-0.1, -0.05) is 29.8 Å². The fourth-order valence-corrected chi connectivity index (χ4v) is 2.68. The lowest BCUT2D eigenvalue weighted by atomic mass is 10.2. The number of aromatic nitrogens is 3. The maximum atomic E-state index is 6.06. The molecule has 3 aromatic heterocycles. The molecule has 0 aliphatic carbocycles. The number of nitrogens with zero attached hydrogens (tertiary/aromatic N) is 5. The van der Waals surface area contributed by atoms with Gasteiger partial charge in [0.25, 0.3) is 0 Å². The number of hydrogen-bond donors (Lipinski definition) is 0. The molecule has 6 heteroatoms. The first-order chi connectivity index (χ1) is 11.2. The summed E-state index contributed by atoms with van der Waals surface area (Å²) in [5.41, 5.74) is 3.13. The summed E-state index contributed by atoms with van der Waals surface area (Å²) >= 11 is 6.06. The molecular weight excluding hydrogens is 310 g/mol. The number of fused-ring (bicyclic) bond motifs is 2. The van der Waals surface area contributed by atoms with E-state index in [9.17, 15) is 0 Å². The average Bonchev–Trinajstić information content (AvgIpc) is 2.87. The minimum absolute atomic E-state index is 0.623. The Hall–Kier alpha value is -2.79. The van der Waals surface area contributed by atoms with Crippen LogP contribution >= 0.6 is 11.6 Å². The number of azo groups is 1. The number of hydrogen-bond acceptors (Lipinski definition) is 4. The van der Waals surface area contributed by atoms with Gasteiger partial charge in [0.2, 0.25) is 0 Å². The van der Waals surface area contributed by atoms with Gasteiger partial charge in [-0.05, 0) is 31.2 Å². The SMILES string of the molecule is Cc1nc2ccc(Cl)cn2c1N=Nc1cccc2cccnc12. The number of halogens is 1. The lowest BCUT2D eigenvalue weighted by Crippen LogP contribution is -1.83. The van der Waals surface area contributed by atoms with Crippen molar-refractivity contribution in [2.75, 3.05) is 0 Å². The summed E-state index contributed by atoms with van der Waals surface area (Å²) in [4.78, 5) is 8.85.